The van der Waals surface area contributed by atoms with Gasteiger partial charge in [-0.15, -0.1) is 0 Å². The van der Waals surface area contributed by atoms with E-state index in [9.17, 15) is 0 Å². The fourth-order valence-corrected chi connectivity index (χ4v) is 10.9. The van der Waals surface area contributed by atoms with Crippen LogP contribution in [0.25, 0.3) is 66.2 Å². The second kappa shape index (κ2) is 17.6. The van der Waals surface area contributed by atoms with E-state index >= 15 is 0 Å². The number of benzene rings is 10. The quantitative estimate of drug-likeness (QED) is 0.136. The molecule has 1 heterocycles. The highest BCUT2D eigenvalue weighted by atomic mass is 15.3. The van der Waals surface area contributed by atoms with Crippen LogP contribution in [0.2, 0.25) is 0 Å². The van der Waals surface area contributed by atoms with Crippen molar-refractivity contribution in [3.05, 3.63) is 234 Å². The zero-order chi connectivity index (χ0) is 46.5. The molecule has 0 aliphatic carbocycles. The van der Waals surface area contributed by atoms with Gasteiger partial charge in [0.2, 0.25) is 12.7 Å². The third-order valence-electron chi connectivity index (χ3n) is 13.6. The summed E-state index contributed by atoms with van der Waals surface area (Å²) in [6.07, 6.45) is 0. The van der Waals surface area contributed by atoms with Gasteiger partial charge in [0.1, 0.15) is 0 Å². The molecular weight excluding hydrogens is 824 g/mol. The molecule has 0 unspecified atom stereocenters. The number of aromatic nitrogens is 3. The summed E-state index contributed by atoms with van der Waals surface area (Å²) in [6.45, 7) is 13.5. The summed E-state index contributed by atoms with van der Waals surface area (Å²) in [5.74, 6) is 1.72. The molecule has 0 saturated heterocycles. The van der Waals surface area contributed by atoms with Crippen molar-refractivity contribution < 1.29 is 0 Å². The van der Waals surface area contributed by atoms with Crippen molar-refractivity contribution in [2.24, 2.45) is 0 Å². The normalized spacial score (nSPS) is 11.4. The number of hydrogen-bond acceptors (Lipinski definition) is 4. The molecule has 1 aromatic heterocycles. The van der Waals surface area contributed by atoms with Crippen molar-refractivity contribution in [1.82, 2.24) is 15.0 Å². The number of rotatable bonds is 9. The Morgan fingerprint density at radius 1 is 0.368 bits per heavy atom. The molecule has 68 heavy (non-hydrogen) atoms. The Morgan fingerprint density at radius 3 is 1.49 bits per heavy atom. The summed E-state index contributed by atoms with van der Waals surface area (Å²) in [6, 6.07) is 71.9. The second-order valence-electron chi connectivity index (χ2n) is 18.3. The van der Waals surface area contributed by atoms with Crippen LogP contribution in [0.5, 0.6) is 0 Å². The maximum Gasteiger partial charge on any atom is 0.243 e. The molecule has 0 fully saturated rings. The summed E-state index contributed by atoms with van der Waals surface area (Å²) in [5, 5.41) is 6.80. The van der Waals surface area contributed by atoms with Crippen molar-refractivity contribution in [2.75, 3.05) is 4.90 Å². The van der Waals surface area contributed by atoms with Crippen LogP contribution >= 0.6 is 0 Å². The lowest BCUT2D eigenvalue weighted by atomic mass is 9.33. The molecule has 0 aliphatic heterocycles. The molecule has 11 rings (SSSR count). The SMILES string of the molecule is Cc1cc(C)c(B(c2c(C)cc(C)cc2C)c2ccc(N(c3nc(-c4ccccc4)nc(-c4ccc5ccccc5c4-c4ccccc4)n3)c3cccc4ccccc34)c3ccccc23)c(C)c1. The second-order valence-corrected chi connectivity index (χ2v) is 18.3. The van der Waals surface area contributed by atoms with E-state index in [1.165, 1.54) is 55.2 Å². The number of fused-ring (bicyclic) bond motifs is 3. The number of hydrogen-bond donors (Lipinski definition) is 0. The first-order valence-corrected chi connectivity index (χ1v) is 23.6. The van der Waals surface area contributed by atoms with E-state index in [0.29, 0.717) is 17.6 Å². The fraction of sp³-hybridized carbons (Fsp3) is 0.0952. The highest BCUT2D eigenvalue weighted by Crippen LogP contribution is 2.43. The first kappa shape index (κ1) is 42.5. The van der Waals surface area contributed by atoms with Crippen LogP contribution in [-0.4, -0.2) is 21.7 Å². The minimum Gasteiger partial charge on any atom is -0.278 e. The average Bonchev–Trinajstić information content (AvgIpc) is 3.35. The Hall–Kier alpha value is -8.15. The van der Waals surface area contributed by atoms with Gasteiger partial charge in [-0.3, -0.25) is 4.90 Å². The lowest BCUT2D eigenvalue weighted by Crippen LogP contribution is -2.56. The standard InChI is InChI=1S/C63H51BN4/c1-40-36-42(3)59(43(4)37-40)64(60-44(5)38-41(2)39-45(60)6)55-34-35-57(53-30-18-17-29-52(53)55)68(56-31-19-26-46-20-13-15-27-50(46)56)63-66-61(49-24-11-8-12-25-49)65-62(67-63)54-33-32-47-21-14-16-28-51(47)58(54)48-22-9-7-10-23-48/h7-39H,1-6H3. The molecule has 0 radical (unpaired) electrons. The monoisotopic (exact) mass is 874 g/mol. The van der Waals surface area contributed by atoms with Crippen LogP contribution in [0.15, 0.2) is 200 Å². The van der Waals surface area contributed by atoms with Crippen LogP contribution < -0.4 is 21.3 Å². The molecule has 10 aromatic carbocycles. The number of aryl methyl sites for hydroxylation is 6. The topological polar surface area (TPSA) is 41.9 Å². The van der Waals surface area contributed by atoms with Gasteiger partial charge in [-0.1, -0.05) is 232 Å². The Kier molecular flexibility index (Phi) is 11.0. The third kappa shape index (κ3) is 7.60. The number of anilines is 3. The molecule has 4 nitrogen and oxygen atoms in total. The van der Waals surface area contributed by atoms with Gasteiger partial charge >= 0.3 is 0 Å². The zero-order valence-corrected chi connectivity index (χ0v) is 39.4. The lowest BCUT2D eigenvalue weighted by molar-refractivity contribution is 1.03. The summed E-state index contributed by atoms with van der Waals surface area (Å²) in [5.41, 5.74) is 17.7. The fourth-order valence-electron chi connectivity index (χ4n) is 10.9. The Balaban J connectivity index is 1.22. The maximum atomic E-state index is 5.61. The number of nitrogens with zero attached hydrogens (tertiary/aromatic N) is 4. The highest BCUT2D eigenvalue weighted by molar-refractivity contribution is 6.98. The summed E-state index contributed by atoms with van der Waals surface area (Å²) < 4.78 is 0. The van der Waals surface area contributed by atoms with Crippen LogP contribution in [0.3, 0.4) is 0 Å². The zero-order valence-electron chi connectivity index (χ0n) is 39.4. The van der Waals surface area contributed by atoms with Crippen LogP contribution in [0, 0.1) is 41.5 Å². The first-order valence-electron chi connectivity index (χ1n) is 23.6. The van der Waals surface area contributed by atoms with E-state index in [4.69, 9.17) is 15.0 Å². The third-order valence-corrected chi connectivity index (χ3v) is 13.6. The predicted octanol–water partition coefficient (Wildman–Crippen LogP) is 14.2. The molecular formula is C63H51BN4. The molecule has 326 valence electrons. The minimum absolute atomic E-state index is 0.0149. The lowest BCUT2D eigenvalue weighted by Gasteiger charge is -2.29. The molecule has 0 N–H and O–H groups in total. The summed E-state index contributed by atoms with van der Waals surface area (Å²) >= 11 is 0. The smallest absolute Gasteiger partial charge is 0.243 e. The average molecular weight is 875 g/mol. The summed E-state index contributed by atoms with van der Waals surface area (Å²) in [7, 11) is 0. The molecule has 5 heteroatoms. The van der Waals surface area contributed by atoms with Crippen molar-refractivity contribution >= 4 is 72.7 Å². The molecule has 0 spiro atoms. The molecule has 0 saturated carbocycles. The molecule has 0 atom stereocenters. The van der Waals surface area contributed by atoms with Crippen LogP contribution in [-0.2, 0) is 0 Å². The predicted molar refractivity (Wildman–Crippen MR) is 289 cm³/mol. The van der Waals surface area contributed by atoms with E-state index < -0.39 is 0 Å². The van der Waals surface area contributed by atoms with E-state index in [2.05, 4.69) is 228 Å². The Bertz CT molecular complexity index is 3600. The van der Waals surface area contributed by atoms with Gasteiger partial charge in [0.05, 0.1) is 11.4 Å². The minimum atomic E-state index is -0.0149. The largest absolute Gasteiger partial charge is 0.278 e. The Morgan fingerprint density at radius 2 is 0.853 bits per heavy atom. The van der Waals surface area contributed by atoms with Crippen molar-refractivity contribution in [1.29, 1.82) is 0 Å². The molecule has 0 bridgehead atoms. The van der Waals surface area contributed by atoms with Gasteiger partial charge in [0.15, 0.2) is 11.6 Å². The van der Waals surface area contributed by atoms with Gasteiger partial charge < -0.3 is 0 Å². The van der Waals surface area contributed by atoms with Gasteiger partial charge in [-0.05, 0) is 86.8 Å². The Labute approximate surface area is 399 Å². The van der Waals surface area contributed by atoms with E-state index in [1.807, 2.05) is 18.2 Å². The van der Waals surface area contributed by atoms with Crippen LogP contribution in [0.4, 0.5) is 17.3 Å². The first-order chi connectivity index (χ1) is 33.2. The van der Waals surface area contributed by atoms with Gasteiger partial charge in [-0.25, -0.2) is 4.98 Å². The van der Waals surface area contributed by atoms with Crippen molar-refractivity contribution in [3.63, 3.8) is 0 Å². The van der Waals surface area contributed by atoms with E-state index in [0.717, 1.165) is 60.6 Å². The van der Waals surface area contributed by atoms with Crippen molar-refractivity contribution in [2.45, 2.75) is 41.5 Å². The molecule has 0 amide bonds. The van der Waals surface area contributed by atoms with Gasteiger partial charge in [0.25, 0.3) is 0 Å². The van der Waals surface area contributed by atoms with Crippen LogP contribution in [0.1, 0.15) is 33.4 Å². The molecule has 11 aromatic rings. The highest BCUT2D eigenvalue weighted by Gasteiger charge is 2.32. The maximum absolute atomic E-state index is 5.61. The van der Waals surface area contributed by atoms with E-state index in [1.54, 1.807) is 0 Å². The molecule has 0 aliphatic rings. The van der Waals surface area contributed by atoms with Crippen molar-refractivity contribution in [3.8, 4) is 33.9 Å². The summed E-state index contributed by atoms with van der Waals surface area (Å²) in [4.78, 5) is 18.7. The van der Waals surface area contributed by atoms with Gasteiger partial charge in [0, 0.05) is 27.5 Å². The van der Waals surface area contributed by atoms with Gasteiger partial charge in [-0.2, -0.15) is 9.97 Å². The van der Waals surface area contributed by atoms with E-state index in [-0.39, 0.29) is 6.71 Å².